The van der Waals surface area contributed by atoms with Crippen molar-refractivity contribution in [2.75, 3.05) is 4.90 Å². The van der Waals surface area contributed by atoms with E-state index in [0.717, 1.165) is 28.0 Å². The lowest BCUT2D eigenvalue weighted by Gasteiger charge is -2.26. The number of carbonyl (C=O) groups excluding carboxylic acids is 3. The first-order valence-electron chi connectivity index (χ1n) is 9.31. The number of hydrogen-bond donors (Lipinski definition) is 1. The highest BCUT2D eigenvalue weighted by molar-refractivity contribution is 6.39. The van der Waals surface area contributed by atoms with E-state index in [1.165, 1.54) is 6.08 Å². The van der Waals surface area contributed by atoms with Crippen LogP contribution in [0.1, 0.15) is 44.4 Å². The molecule has 0 radical (unpaired) electrons. The van der Waals surface area contributed by atoms with Gasteiger partial charge < -0.3 is 0 Å². The van der Waals surface area contributed by atoms with Gasteiger partial charge in [-0.1, -0.05) is 64.1 Å². The molecule has 0 bridgehead atoms. The molecule has 1 aliphatic heterocycles. The first-order valence-corrected chi connectivity index (χ1v) is 9.31. The third-order valence-corrected chi connectivity index (χ3v) is 4.79. The maximum Gasteiger partial charge on any atom is 0.335 e. The maximum absolute atomic E-state index is 12.9. The predicted molar refractivity (Wildman–Crippen MR) is 110 cm³/mol. The second-order valence-electron chi connectivity index (χ2n) is 7.85. The minimum absolute atomic E-state index is 0.0115. The third kappa shape index (κ3) is 3.88. The number of amides is 4. The molecular formula is C23H24N2O3. The largest absolute Gasteiger partial charge is 0.335 e. The first-order chi connectivity index (χ1) is 13.2. The lowest BCUT2D eigenvalue weighted by Crippen LogP contribution is -2.54. The standard InChI is InChI=1S/C23H24N2O3/c1-5-15-8-12-18(13-9-15)25-21(27)19(20(26)24-22(25)28)14-16-6-10-17(11-7-16)23(2,3)4/h6-14H,5H2,1-4H3,(H,24,26,28)/b19-14-. The summed E-state index contributed by atoms with van der Waals surface area (Å²) in [5.41, 5.74) is 3.35. The smallest absolute Gasteiger partial charge is 0.273 e. The average Bonchev–Trinajstić information content (AvgIpc) is 2.65. The van der Waals surface area contributed by atoms with Crippen LogP contribution in [0.15, 0.2) is 54.1 Å². The van der Waals surface area contributed by atoms with Gasteiger partial charge in [-0.05, 0) is 46.7 Å². The fraction of sp³-hybridized carbons (Fsp3) is 0.261. The van der Waals surface area contributed by atoms with E-state index in [0.29, 0.717) is 5.69 Å². The SMILES string of the molecule is CCc1ccc(N2C(=O)NC(=O)/C(=C/c3ccc(C(C)(C)C)cc3)C2=O)cc1. The zero-order valence-electron chi connectivity index (χ0n) is 16.6. The van der Waals surface area contributed by atoms with Crippen molar-refractivity contribution in [3.8, 4) is 0 Å². The summed E-state index contributed by atoms with van der Waals surface area (Å²) in [4.78, 5) is 38.4. The molecule has 0 atom stereocenters. The van der Waals surface area contributed by atoms with Crippen LogP contribution in [0.5, 0.6) is 0 Å². The number of anilines is 1. The summed E-state index contributed by atoms with van der Waals surface area (Å²) >= 11 is 0. The highest BCUT2D eigenvalue weighted by atomic mass is 16.2. The Bertz CT molecular complexity index is 949. The number of barbiturate groups is 1. The van der Waals surface area contributed by atoms with Gasteiger partial charge in [-0.3, -0.25) is 14.9 Å². The van der Waals surface area contributed by atoms with Crippen LogP contribution < -0.4 is 10.2 Å². The fourth-order valence-electron chi connectivity index (χ4n) is 3.02. The summed E-state index contributed by atoms with van der Waals surface area (Å²) in [6.45, 7) is 8.38. The van der Waals surface area contributed by atoms with E-state index in [1.54, 1.807) is 12.1 Å². The van der Waals surface area contributed by atoms with Crippen molar-refractivity contribution in [1.29, 1.82) is 0 Å². The van der Waals surface area contributed by atoms with Crippen LogP contribution in [-0.2, 0) is 21.4 Å². The van der Waals surface area contributed by atoms with Crippen molar-refractivity contribution in [2.24, 2.45) is 0 Å². The van der Waals surface area contributed by atoms with Crippen molar-refractivity contribution >= 4 is 29.6 Å². The van der Waals surface area contributed by atoms with E-state index in [1.807, 2.05) is 43.3 Å². The number of imide groups is 2. The Morgan fingerprint density at radius 3 is 2.07 bits per heavy atom. The number of hydrogen-bond acceptors (Lipinski definition) is 3. The van der Waals surface area contributed by atoms with Gasteiger partial charge in [0.2, 0.25) is 0 Å². The molecule has 28 heavy (non-hydrogen) atoms. The van der Waals surface area contributed by atoms with Gasteiger partial charge in [0.1, 0.15) is 5.57 Å². The van der Waals surface area contributed by atoms with E-state index in [9.17, 15) is 14.4 Å². The predicted octanol–water partition coefficient (Wildman–Crippen LogP) is 4.21. The number of rotatable bonds is 3. The topological polar surface area (TPSA) is 66.5 Å². The van der Waals surface area contributed by atoms with Crippen molar-refractivity contribution < 1.29 is 14.4 Å². The van der Waals surface area contributed by atoms with E-state index in [4.69, 9.17) is 0 Å². The summed E-state index contributed by atoms with van der Waals surface area (Å²) in [5, 5.41) is 2.25. The van der Waals surface area contributed by atoms with Crippen molar-refractivity contribution in [3.63, 3.8) is 0 Å². The molecule has 2 aromatic carbocycles. The molecule has 4 amide bonds. The third-order valence-electron chi connectivity index (χ3n) is 4.79. The van der Waals surface area contributed by atoms with Crippen LogP contribution >= 0.6 is 0 Å². The van der Waals surface area contributed by atoms with E-state index in [-0.39, 0.29) is 11.0 Å². The Morgan fingerprint density at radius 1 is 0.929 bits per heavy atom. The Kier molecular flexibility index (Phi) is 5.18. The molecule has 1 N–H and O–H groups in total. The molecule has 1 fully saturated rings. The molecule has 5 nitrogen and oxygen atoms in total. The first kappa shape index (κ1) is 19.5. The molecule has 1 heterocycles. The van der Waals surface area contributed by atoms with Crippen LogP contribution in [0, 0.1) is 0 Å². The molecule has 2 aromatic rings. The molecule has 0 saturated carbocycles. The highest BCUT2D eigenvalue weighted by Crippen LogP contribution is 2.25. The maximum atomic E-state index is 12.9. The van der Waals surface area contributed by atoms with Gasteiger partial charge in [0.25, 0.3) is 11.8 Å². The second kappa shape index (κ2) is 7.43. The van der Waals surface area contributed by atoms with Crippen LogP contribution in [0.3, 0.4) is 0 Å². The van der Waals surface area contributed by atoms with E-state index < -0.39 is 17.8 Å². The molecule has 0 aliphatic carbocycles. The summed E-state index contributed by atoms with van der Waals surface area (Å²) in [5.74, 6) is -1.31. The van der Waals surface area contributed by atoms with Gasteiger partial charge in [-0.2, -0.15) is 0 Å². The summed E-state index contributed by atoms with van der Waals surface area (Å²) in [7, 11) is 0. The Hall–Kier alpha value is -3.21. The number of urea groups is 1. The second-order valence-corrected chi connectivity index (χ2v) is 7.85. The molecule has 5 heteroatoms. The highest BCUT2D eigenvalue weighted by Gasteiger charge is 2.36. The number of aryl methyl sites for hydroxylation is 1. The Morgan fingerprint density at radius 2 is 1.54 bits per heavy atom. The van der Waals surface area contributed by atoms with Crippen LogP contribution in [-0.4, -0.2) is 17.8 Å². The van der Waals surface area contributed by atoms with Crippen LogP contribution in [0.2, 0.25) is 0 Å². The van der Waals surface area contributed by atoms with Gasteiger partial charge in [-0.25, -0.2) is 9.69 Å². The number of nitrogens with one attached hydrogen (secondary N) is 1. The zero-order valence-corrected chi connectivity index (χ0v) is 16.6. The molecular weight excluding hydrogens is 352 g/mol. The minimum atomic E-state index is -0.737. The zero-order chi connectivity index (χ0) is 20.5. The molecule has 1 aliphatic rings. The monoisotopic (exact) mass is 376 g/mol. The lowest BCUT2D eigenvalue weighted by atomic mass is 9.86. The minimum Gasteiger partial charge on any atom is -0.273 e. The number of nitrogens with zero attached hydrogens (tertiary/aromatic N) is 1. The molecule has 1 saturated heterocycles. The van der Waals surface area contributed by atoms with Crippen molar-refractivity contribution in [3.05, 3.63) is 70.8 Å². The van der Waals surface area contributed by atoms with Crippen molar-refractivity contribution in [2.45, 2.75) is 39.5 Å². The molecule has 0 spiro atoms. The summed E-state index contributed by atoms with van der Waals surface area (Å²) in [6.07, 6.45) is 2.37. The quantitative estimate of drug-likeness (QED) is 0.644. The molecule has 0 unspecified atom stereocenters. The van der Waals surface area contributed by atoms with E-state index in [2.05, 4.69) is 26.1 Å². The molecule has 0 aromatic heterocycles. The van der Waals surface area contributed by atoms with Gasteiger partial charge in [0.15, 0.2) is 0 Å². The molecule has 3 rings (SSSR count). The fourth-order valence-corrected chi connectivity index (χ4v) is 3.02. The lowest BCUT2D eigenvalue weighted by molar-refractivity contribution is -0.122. The van der Waals surface area contributed by atoms with Crippen LogP contribution in [0.25, 0.3) is 6.08 Å². The van der Waals surface area contributed by atoms with Gasteiger partial charge >= 0.3 is 6.03 Å². The van der Waals surface area contributed by atoms with Crippen molar-refractivity contribution in [1.82, 2.24) is 5.32 Å². The van der Waals surface area contributed by atoms with Gasteiger partial charge in [0.05, 0.1) is 5.69 Å². The van der Waals surface area contributed by atoms with E-state index >= 15 is 0 Å². The van der Waals surface area contributed by atoms with Crippen LogP contribution in [0.4, 0.5) is 10.5 Å². The van der Waals surface area contributed by atoms with Gasteiger partial charge in [-0.15, -0.1) is 0 Å². The average molecular weight is 376 g/mol. The summed E-state index contributed by atoms with van der Waals surface area (Å²) in [6, 6.07) is 14.1. The Labute approximate surface area is 165 Å². The molecule has 144 valence electrons. The Balaban J connectivity index is 1.94. The summed E-state index contributed by atoms with van der Waals surface area (Å²) < 4.78 is 0. The normalized spacial score (nSPS) is 16.5. The number of benzene rings is 2. The van der Waals surface area contributed by atoms with Gasteiger partial charge in [0, 0.05) is 0 Å². The number of carbonyl (C=O) groups is 3.